The summed E-state index contributed by atoms with van der Waals surface area (Å²) in [6.45, 7) is 2.25. The number of likely N-dealkylation sites (tertiary alicyclic amines) is 1. The number of phenolic OH excluding ortho intramolecular Hbond substituents is 1. The van der Waals surface area contributed by atoms with Crippen molar-refractivity contribution in [3.05, 3.63) is 82.9 Å². The fourth-order valence-electron chi connectivity index (χ4n) is 8.94. The quantitative estimate of drug-likeness (QED) is 0.279. The van der Waals surface area contributed by atoms with E-state index in [1.165, 1.54) is 16.0 Å². The van der Waals surface area contributed by atoms with E-state index in [1.54, 1.807) is 38.4 Å². The highest BCUT2D eigenvalue weighted by Crippen LogP contribution is 2.64. The first-order valence-electron chi connectivity index (χ1n) is 17.1. The Labute approximate surface area is 286 Å². The number of likely N-dealkylation sites (N-methyl/N-ethyl adjacent to an activating group) is 2. The predicted octanol–water partition coefficient (Wildman–Crippen LogP) is 3.47. The molecule has 1 saturated carbocycles. The van der Waals surface area contributed by atoms with Crippen molar-refractivity contribution < 1.29 is 38.2 Å². The highest BCUT2D eigenvalue weighted by molar-refractivity contribution is 5.89. The lowest BCUT2D eigenvalue weighted by atomic mass is 9.51. The van der Waals surface area contributed by atoms with Gasteiger partial charge < -0.3 is 39.8 Å². The third kappa shape index (κ3) is 5.78. The van der Waals surface area contributed by atoms with E-state index in [2.05, 4.69) is 18.4 Å². The van der Waals surface area contributed by atoms with E-state index in [4.69, 9.17) is 19.9 Å². The second-order valence-corrected chi connectivity index (χ2v) is 14.4. The molecule has 3 aromatic carbocycles. The number of piperidine rings is 1. The number of carbonyl (C=O) groups is 3. The minimum absolute atomic E-state index is 0.154. The van der Waals surface area contributed by atoms with E-state index in [1.807, 2.05) is 30.3 Å². The molecule has 4 N–H and O–H groups in total. The minimum atomic E-state index is -0.748. The smallest absolute Gasteiger partial charge is 0.415 e. The standard InChI is InChI=1S/C38H44N4O7/c1-41(18-17-40-36(45)29(39)20-23-4-9-26(43)10-5-23)37(46)48-27-11-6-24(7-12-27)22-42(2)19-16-38-28-13-14-31(44)35(38)49-34-32(47-3)15-8-25(33(34)38)21-30(28)42/h4-12,15,28-30,35H,13-14,16-22,39H2,1-3H3,(H-,40,43,45)/p+1/t28-,29-,30?,35-,38-,42+/m0/s1. The number of Topliss-reactive ketones (excluding diaryl/α,β-unsaturated/α-hetero) is 1. The molecule has 2 bridgehead atoms. The summed E-state index contributed by atoms with van der Waals surface area (Å²) in [4.78, 5) is 39.9. The summed E-state index contributed by atoms with van der Waals surface area (Å²) in [5.74, 6) is 2.35. The van der Waals surface area contributed by atoms with Crippen LogP contribution in [0.3, 0.4) is 0 Å². The van der Waals surface area contributed by atoms with E-state index in [9.17, 15) is 19.5 Å². The molecule has 2 heterocycles. The second kappa shape index (κ2) is 12.7. The molecule has 1 spiro atoms. The third-order valence-electron chi connectivity index (χ3n) is 11.4. The van der Waals surface area contributed by atoms with Crippen molar-refractivity contribution in [1.82, 2.24) is 10.2 Å². The number of benzene rings is 3. The maximum absolute atomic E-state index is 13.3. The normalized spacial score (nSPS) is 26.6. The van der Waals surface area contributed by atoms with Crippen LogP contribution in [0.5, 0.6) is 23.0 Å². The number of nitrogens with one attached hydrogen (secondary N) is 1. The van der Waals surface area contributed by atoms with Crippen LogP contribution in [0, 0.1) is 5.92 Å². The summed E-state index contributed by atoms with van der Waals surface area (Å²) in [7, 11) is 5.62. The summed E-state index contributed by atoms with van der Waals surface area (Å²) < 4.78 is 18.6. The lowest BCUT2D eigenvalue weighted by Crippen LogP contribution is -2.71. The highest BCUT2D eigenvalue weighted by Gasteiger charge is 2.69. The van der Waals surface area contributed by atoms with Gasteiger partial charge in [0.1, 0.15) is 18.0 Å². The number of nitrogens with two attached hydrogens (primary N) is 1. The Morgan fingerprint density at radius 2 is 1.86 bits per heavy atom. The van der Waals surface area contributed by atoms with E-state index >= 15 is 0 Å². The first-order chi connectivity index (χ1) is 23.5. The van der Waals surface area contributed by atoms with Crippen LogP contribution in [0.25, 0.3) is 0 Å². The van der Waals surface area contributed by atoms with Gasteiger partial charge in [-0.3, -0.25) is 9.59 Å². The molecule has 2 aliphatic heterocycles. The van der Waals surface area contributed by atoms with Crippen LogP contribution in [0.15, 0.2) is 60.7 Å². The van der Waals surface area contributed by atoms with Crippen molar-refractivity contribution in [1.29, 1.82) is 0 Å². The van der Waals surface area contributed by atoms with Gasteiger partial charge in [0, 0.05) is 56.4 Å². The SMILES string of the molecule is COc1ccc2c3c1O[C@H]1C(=O)CC[C@H]4C(C2)[N@@+](C)(Cc2ccc(OC(=O)N(C)CCNC(=O)[C@@H](N)Cc5ccc(O)cc5)cc2)CC[C@]314. The summed E-state index contributed by atoms with van der Waals surface area (Å²) in [6.07, 6.45) is 2.65. The zero-order chi connectivity index (χ0) is 34.5. The fraction of sp³-hybridized carbons (Fsp3) is 0.447. The molecule has 258 valence electrons. The predicted molar refractivity (Wildman–Crippen MR) is 182 cm³/mol. The maximum Gasteiger partial charge on any atom is 0.415 e. The number of aromatic hydroxyl groups is 1. The fourth-order valence-corrected chi connectivity index (χ4v) is 8.94. The molecule has 1 unspecified atom stereocenters. The Balaban J connectivity index is 0.950. The van der Waals surface area contributed by atoms with Crippen LogP contribution in [0.1, 0.15) is 41.5 Å². The van der Waals surface area contributed by atoms with Gasteiger partial charge >= 0.3 is 6.09 Å². The van der Waals surface area contributed by atoms with E-state index in [0.29, 0.717) is 30.6 Å². The zero-order valence-corrected chi connectivity index (χ0v) is 28.3. The van der Waals surface area contributed by atoms with E-state index in [-0.39, 0.29) is 35.9 Å². The van der Waals surface area contributed by atoms with Crippen LogP contribution in [-0.4, -0.2) is 91.3 Å². The number of amides is 2. The van der Waals surface area contributed by atoms with Crippen LogP contribution >= 0.6 is 0 Å². The van der Waals surface area contributed by atoms with Crippen LogP contribution in [0.2, 0.25) is 0 Å². The number of phenols is 1. The average Bonchev–Trinajstić information content (AvgIpc) is 3.45. The monoisotopic (exact) mass is 669 g/mol. The molecule has 2 amide bonds. The van der Waals surface area contributed by atoms with Gasteiger partial charge in [-0.25, -0.2) is 4.79 Å². The Bertz CT molecular complexity index is 1760. The van der Waals surface area contributed by atoms with Crippen LogP contribution < -0.4 is 25.3 Å². The summed E-state index contributed by atoms with van der Waals surface area (Å²) >= 11 is 0. The first-order valence-corrected chi connectivity index (χ1v) is 17.1. The molecule has 49 heavy (non-hydrogen) atoms. The molecular formula is C38H45N4O7+. The van der Waals surface area contributed by atoms with Crippen molar-refractivity contribution in [2.45, 2.75) is 62.3 Å². The molecule has 6 atom stereocenters. The van der Waals surface area contributed by atoms with Gasteiger partial charge in [-0.15, -0.1) is 0 Å². The van der Waals surface area contributed by atoms with Gasteiger partial charge in [0.05, 0.1) is 38.2 Å². The van der Waals surface area contributed by atoms with E-state index in [0.717, 1.165) is 59.5 Å². The van der Waals surface area contributed by atoms with Gasteiger partial charge in [-0.1, -0.05) is 18.2 Å². The molecule has 7 rings (SSSR count). The van der Waals surface area contributed by atoms with Gasteiger partial charge in [-0.2, -0.15) is 0 Å². The summed E-state index contributed by atoms with van der Waals surface area (Å²) in [6, 6.07) is 18.0. The zero-order valence-electron chi connectivity index (χ0n) is 28.3. The molecule has 11 heteroatoms. The summed E-state index contributed by atoms with van der Waals surface area (Å²) in [5.41, 5.74) is 10.3. The number of hydrogen-bond acceptors (Lipinski definition) is 8. The lowest BCUT2D eigenvalue weighted by Gasteiger charge is -2.60. The van der Waals surface area contributed by atoms with Crippen molar-refractivity contribution in [2.24, 2.45) is 11.7 Å². The van der Waals surface area contributed by atoms with Gasteiger partial charge in [0.25, 0.3) is 0 Å². The van der Waals surface area contributed by atoms with Crippen molar-refractivity contribution in [2.75, 3.05) is 40.8 Å². The van der Waals surface area contributed by atoms with Gasteiger partial charge in [-0.05, 0) is 66.4 Å². The highest BCUT2D eigenvalue weighted by atomic mass is 16.6. The van der Waals surface area contributed by atoms with E-state index < -0.39 is 18.2 Å². The number of hydrogen-bond donors (Lipinski definition) is 3. The molecule has 11 nitrogen and oxygen atoms in total. The molecule has 0 radical (unpaired) electrons. The van der Waals surface area contributed by atoms with Crippen LogP contribution in [0.4, 0.5) is 4.79 Å². The third-order valence-corrected chi connectivity index (χ3v) is 11.4. The minimum Gasteiger partial charge on any atom is -0.508 e. The largest absolute Gasteiger partial charge is 0.508 e. The Morgan fingerprint density at radius 1 is 1.12 bits per heavy atom. The average molecular weight is 670 g/mol. The molecule has 2 aliphatic carbocycles. The number of ether oxygens (including phenoxy) is 3. The van der Waals surface area contributed by atoms with Crippen LogP contribution in [-0.2, 0) is 34.4 Å². The number of methoxy groups -OCH3 is 1. The molecule has 3 aromatic rings. The Kier molecular flexibility index (Phi) is 8.52. The number of carbonyl (C=O) groups excluding carboxylic acids is 3. The van der Waals surface area contributed by atoms with Crippen molar-refractivity contribution in [3.8, 4) is 23.0 Å². The molecule has 1 saturated heterocycles. The number of rotatable bonds is 10. The number of nitrogens with zero attached hydrogens (tertiary/aromatic N) is 2. The first kappa shape index (κ1) is 32.9. The number of ketones is 1. The Morgan fingerprint density at radius 3 is 2.59 bits per heavy atom. The van der Waals surface area contributed by atoms with Gasteiger partial charge in [0.15, 0.2) is 23.4 Å². The molecule has 4 aliphatic rings. The Hall–Kier alpha value is -4.61. The molecule has 0 aromatic heterocycles. The van der Waals surface area contributed by atoms with Gasteiger partial charge in [0.2, 0.25) is 5.91 Å². The molecule has 2 fully saturated rings. The van der Waals surface area contributed by atoms with Crippen molar-refractivity contribution in [3.63, 3.8) is 0 Å². The second-order valence-electron chi connectivity index (χ2n) is 14.4. The number of quaternary nitrogens is 1. The topological polar surface area (TPSA) is 140 Å². The lowest BCUT2D eigenvalue weighted by molar-refractivity contribution is -0.957. The van der Waals surface area contributed by atoms with Crippen molar-refractivity contribution >= 4 is 17.8 Å². The molecular weight excluding hydrogens is 624 g/mol. The maximum atomic E-state index is 13.3. The summed E-state index contributed by atoms with van der Waals surface area (Å²) in [5, 5.41) is 12.2.